The van der Waals surface area contributed by atoms with Gasteiger partial charge in [-0.1, -0.05) is 15.9 Å². The highest BCUT2D eigenvalue weighted by Crippen LogP contribution is 2.17. The fourth-order valence-electron chi connectivity index (χ4n) is 1.44. The van der Waals surface area contributed by atoms with E-state index in [0.29, 0.717) is 6.54 Å². The van der Waals surface area contributed by atoms with Gasteiger partial charge in [-0.15, -0.1) is 0 Å². The molecule has 0 atom stereocenters. The predicted octanol–water partition coefficient (Wildman–Crippen LogP) is 2.84. The van der Waals surface area contributed by atoms with Crippen molar-refractivity contribution in [3.05, 3.63) is 34.1 Å². The highest BCUT2D eigenvalue weighted by molar-refractivity contribution is 9.10. The summed E-state index contributed by atoms with van der Waals surface area (Å²) in [5.41, 5.74) is 0.933. The normalized spacial score (nSPS) is 10.7. The van der Waals surface area contributed by atoms with E-state index in [1.165, 1.54) is 12.1 Å². The summed E-state index contributed by atoms with van der Waals surface area (Å²) in [6.07, 6.45) is 2.91. The van der Waals surface area contributed by atoms with Crippen molar-refractivity contribution in [2.24, 2.45) is 0 Å². The van der Waals surface area contributed by atoms with Crippen molar-refractivity contribution >= 4 is 15.9 Å². The number of hydrogen-bond acceptors (Lipinski definition) is 2. The van der Waals surface area contributed by atoms with E-state index >= 15 is 0 Å². The lowest BCUT2D eigenvalue weighted by Crippen LogP contribution is -2.15. The number of halogens is 2. The molecule has 0 aliphatic rings. The van der Waals surface area contributed by atoms with Crippen molar-refractivity contribution in [2.45, 2.75) is 25.8 Å². The number of nitrogens with one attached hydrogen (secondary N) is 1. The molecule has 0 saturated heterocycles. The summed E-state index contributed by atoms with van der Waals surface area (Å²) < 4.78 is 13.9. The molecule has 0 unspecified atom stereocenters. The summed E-state index contributed by atoms with van der Waals surface area (Å²) >= 11 is 3.38. The molecule has 4 heteroatoms. The van der Waals surface area contributed by atoms with Crippen molar-refractivity contribution in [3.8, 4) is 0 Å². The maximum absolute atomic E-state index is 12.9. The van der Waals surface area contributed by atoms with Gasteiger partial charge in [-0.3, -0.25) is 0 Å². The minimum absolute atomic E-state index is 0.208. The van der Waals surface area contributed by atoms with Gasteiger partial charge in [0.15, 0.2) is 0 Å². The zero-order chi connectivity index (χ0) is 11.8. The van der Waals surface area contributed by atoms with Gasteiger partial charge in [0.1, 0.15) is 5.82 Å². The minimum Gasteiger partial charge on any atom is -0.396 e. The predicted molar refractivity (Wildman–Crippen MR) is 66.7 cm³/mol. The van der Waals surface area contributed by atoms with Crippen molar-refractivity contribution in [2.75, 3.05) is 13.2 Å². The van der Waals surface area contributed by atoms with Crippen LogP contribution < -0.4 is 5.32 Å². The molecular weight excluding hydrogens is 273 g/mol. The Balaban J connectivity index is 2.23. The largest absolute Gasteiger partial charge is 0.396 e. The zero-order valence-corrected chi connectivity index (χ0v) is 10.8. The van der Waals surface area contributed by atoms with Gasteiger partial charge < -0.3 is 10.4 Å². The highest BCUT2D eigenvalue weighted by Gasteiger charge is 2.00. The molecule has 0 aliphatic heterocycles. The van der Waals surface area contributed by atoms with Gasteiger partial charge in [-0.25, -0.2) is 4.39 Å². The maximum atomic E-state index is 12.9. The van der Waals surface area contributed by atoms with E-state index in [4.69, 9.17) is 5.11 Å². The maximum Gasteiger partial charge on any atom is 0.123 e. The number of aliphatic hydroxyl groups is 1. The molecule has 0 aliphatic carbocycles. The molecule has 0 heterocycles. The van der Waals surface area contributed by atoms with Crippen LogP contribution in [0.1, 0.15) is 24.8 Å². The molecule has 0 radical (unpaired) electrons. The molecule has 0 amide bonds. The van der Waals surface area contributed by atoms with Crippen LogP contribution in [0.15, 0.2) is 22.7 Å². The van der Waals surface area contributed by atoms with E-state index in [1.54, 1.807) is 6.07 Å². The molecule has 0 aromatic heterocycles. The number of hydrogen-bond donors (Lipinski definition) is 2. The summed E-state index contributed by atoms with van der Waals surface area (Å²) in [6, 6.07) is 4.69. The quantitative estimate of drug-likeness (QED) is 0.757. The molecule has 16 heavy (non-hydrogen) atoms. The van der Waals surface area contributed by atoms with E-state index in [1.807, 2.05) is 0 Å². The zero-order valence-electron chi connectivity index (χ0n) is 9.18. The Morgan fingerprint density at radius 2 is 2.06 bits per heavy atom. The summed E-state index contributed by atoms with van der Waals surface area (Å²) in [5.74, 6) is -0.208. The Morgan fingerprint density at radius 1 is 1.25 bits per heavy atom. The first kappa shape index (κ1) is 13.6. The second-order valence-corrected chi connectivity index (χ2v) is 4.55. The lowest BCUT2D eigenvalue weighted by molar-refractivity contribution is 0.283. The topological polar surface area (TPSA) is 32.3 Å². The molecule has 1 aromatic carbocycles. The van der Waals surface area contributed by atoms with Gasteiger partial charge in [0.2, 0.25) is 0 Å². The Bertz CT molecular complexity index is 320. The van der Waals surface area contributed by atoms with Gasteiger partial charge in [0.05, 0.1) is 0 Å². The highest BCUT2D eigenvalue weighted by atomic mass is 79.9. The fraction of sp³-hybridized carbons (Fsp3) is 0.500. The molecule has 0 fully saturated rings. The molecule has 1 aromatic rings. The van der Waals surface area contributed by atoms with Crippen LogP contribution in [-0.2, 0) is 6.54 Å². The van der Waals surface area contributed by atoms with Crippen LogP contribution in [0.2, 0.25) is 0 Å². The second-order valence-electron chi connectivity index (χ2n) is 3.70. The monoisotopic (exact) mass is 289 g/mol. The van der Waals surface area contributed by atoms with Crippen LogP contribution >= 0.6 is 15.9 Å². The molecule has 0 spiro atoms. The Hall–Kier alpha value is -0.450. The van der Waals surface area contributed by atoms with Crippen LogP contribution in [0, 0.1) is 5.82 Å². The number of aliphatic hydroxyl groups excluding tert-OH is 1. The van der Waals surface area contributed by atoms with Gasteiger partial charge in [-0.05, 0) is 49.6 Å². The van der Waals surface area contributed by atoms with Gasteiger partial charge in [-0.2, -0.15) is 0 Å². The van der Waals surface area contributed by atoms with Gasteiger partial charge in [0.25, 0.3) is 0 Å². The summed E-state index contributed by atoms with van der Waals surface area (Å²) in [4.78, 5) is 0. The second kappa shape index (κ2) is 7.76. The molecule has 2 N–H and O–H groups in total. The molecule has 1 rings (SSSR count). The minimum atomic E-state index is -0.208. The Kier molecular flexibility index (Phi) is 6.61. The van der Waals surface area contributed by atoms with E-state index in [-0.39, 0.29) is 12.4 Å². The van der Waals surface area contributed by atoms with Crippen LogP contribution in [0.25, 0.3) is 0 Å². The van der Waals surface area contributed by atoms with Crippen molar-refractivity contribution in [3.63, 3.8) is 0 Å². The Labute approximate surface area is 104 Å². The van der Waals surface area contributed by atoms with Crippen LogP contribution in [0.5, 0.6) is 0 Å². The fourth-order valence-corrected chi connectivity index (χ4v) is 1.83. The third-order valence-corrected chi connectivity index (χ3v) is 3.11. The SMILES string of the molecule is OCCCCCNCc1cc(F)ccc1Br. The van der Waals surface area contributed by atoms with Crippen molar-refractivity contribution < 1.29 is 9.50 Å². The smallest absolute Gasteiger partial charge is 0.123 e. The summed E-state index contributed by atoms with van der Waals surface area (Å²) in [7, 11) is 0. The molecule has 0 saturated carbocycles. The first-order valence-corrected chi connectivity index (χ1v) is 6.29. The van der Waals surface area contributed by atoms with Crippen LogP contribution in [0.3, 0.4) is 0 Å². The molecular formula is C12H17BrFNO. The van der Waals surface area contributed by atoms with Crippen LogP contribution in [-0.4, -0.2) is 18.3 Å². The molecule has 2 nitrogen and oxygen atoms in total. The first-order chi connectivity index (χ1) is 7.74. The number of rotatable bonds is 7. The summed E-state index contributed by atoms with van der Waals surface area (Å²) in [5, 5.41) is 11.8. The number of unbranched alkanes of at least 4 members (excludes halogenated alkanes) is 2. The van der Waals surface area contributed by atoms with Gasteiger partial charge >= 0.3 is 0 Å². The molecule has 0 bridgehead atoms. The van der Waals surface area contributed by atoms with E-state index in [2.05, 4.69) is 21.2 Å². The number of benzene rings is 1. The van der Waals surface area contributed by atoms with E-state index in [9.17, 15) is 4.39 Å². The average molecular weight is 290 g/mol. The average Bonchev–Trinajstić information content (AvgIpc) is 2.28. The summed E-state index contributed by atoms with van der Waals surface area (Å²) in [6.45, 7) is 1.82. The van der Waals surface area contributed by atoms with E-state index < -0.39 is 0 Å². The third-order valence-electron chi connectivity index (χ3n) is 2.33. The molecule has 90 valence electrons. The first-order valence-electron chi connectivity index (χ1n) is 5.49. The van der Waals surface area contributed by atoms with Crippen LogP contribution in [0.4, 0.5) is 4.39 Å². The third kappa shape index (κ3) is 5.05. The standard InChI is InChI=1S/C12H17BrFNO/c13-12-5-4-11(14)8-10(12)9-15-6-2-1-3-7-16/h4-5,8,15-16H,1-3,6-7,9H2. The van der Waals surface area contributed by atoms with Gasteiger partial charge in [0, 0.05) is 17.6 Å². The Morgan fingerprint density at radius 3 is 2.81 bits per heavy atom. The van der Waals surface area contributed by atoms with E-state index in [0.717, 1.165) is 35.8 Å². The van der Waals surface area contributed by atoms with Crippen molar-refractivity contribution in [1.29, 1.82) is 0 Å². The van der Waals surface area contributed by atoms with Crippen molar-refractivity contribution in [1.82, 2.24) is 5.32 Å². The lowest BCUT2D eigenvalue weighted by atomic mass is 10.2. The lowest BCUT2D eigenvalue weighted by Gasteiger charge is -2.06.